The molecule has 20 heavy (non-hydrogen) atoms. The van der Waals surface area contributed by atoms with Crippen LogP contribution in [-0.2, 0) is 0 Å². The molecule has 5 nitrogen and oxygen atoms in total. The highest BCUT2D eigenvalue weighted by Crippen LogP contribution is 2.31. The van der Waals surface area contributed by atoms with Gasteiger partial charge >= 0.3 is 5.97 Å². The van der Waals surface area contributed by atoms with Crippen LogP contribution in [0.3, 0.4) is 0 Å². The summed E-state index contributed by atoms with van der Waals surface area (Å²) in [7, 11) is 0. The van der Waals surface area contributed by atoms with Crippen LogP contribution >= 0.6 is 11.6 Å². The molecule has 0 atom stereocenters. The van der Waals surface area contributed by atoms with Crippen LogP contribution < -0.4 is 4.74 Å². The van der Waals surface area contributed by atoms with Crippen molar-refractivity contribution in [3.05, 3.63) is 52.2 Å². The number of nitriles is 1. The van der Waals surface area contributed by atoms with E-state index in [2.05, 4.69) is 4.98 Å². The number of benzene rings is 1. The summed E-state index contributed by atoms with van der Waals surface area (Å²) in [4.78, 5) is 15.1. The maximum atomic E-state index is 11.2. The van der Waals surface area contributed by atoms with Gasteiger partial charge in [-0.3, -0.25) is 0 Å². The molecular weight excluding hydrogens is 280 g/mol. The first kappa shape index (κ1) is 13.8. The third-order valence-corrected chi connectivity index (χ3v) is 2.92. The van der Waals surface area contributed by atoms with Crippen LogP contribution in [0.15, 0.2) is 30.5 Å². The number of aromatic carboxylic acids is 1. The molecule has 0 aliphatic carbocycles. The Bertz CT molecular complexity index is 723. The third-order valence-electron chi connectivity index (χ3n) is 2.55. The van der Waals surface area contributed by atoms with E-state index in [1.807, 2.05) is 6.07 Å². The molecule has 0 radical (unpaired) electrons. The molecule has 2 rings (SSSR count). The maximum Gasteiger partial charge on any atom is 0.339 e. The molecule has 0 fully saturated rings. The molecule has 1 aromatic carbocycles. The SMILES string of the molecule is Cc1ccc(Oc2nccc(C#N)c2Cl)c(C(=O)O)c1. The summed E-state index contributed by atoms with van der Waals surface area (Å²) in [6.07, 6.45) is 1.37. The summed E-state index contributed by atoms with van der Waals surface area (Å²) < 4.78 is 5.42. The number of halogens is 1. The number of carboxylic acids is 1. The molecule has 6 heteroatoms. The average molecular weight is 289 g/mol. The Morgan fingerprint density at radius 1 is 1.45 bits per heavy atom. The minimum absolute atomic E-state index is 0.00271. The first-order chi connectivity index (χ1) is 9.52. The lowest BCUT2D eigenvalue weighted by atomic mass is 10.1. The monoisotopic (exact) mass is 288 g/mol. The largest absolute Gasteiger partial charge is 0.478 e. The fourth-order valence-electron chi connectivity index (χ4n) is 1.59. The average Bonchev–Trinajstić information content (AvgIpc) is 2.42. The van der Waals surface area contributed by atoms with Gasteiger partial charge in [-0.15, -0.1) is 0 Å². The van der Waals surface area contributed by atoms with E-state index in [9.17, 15) is 4.79 Å². The van der Waals surface area contributed by atoms with Crippen molar-refractivity contribution in [3.63, 3.8) is 0 Å². The van der Waals surface area contributed by atoms with E-state index >= 15 is 0 Å². The van der Waals surface area contributed by atoms with Crippen LogP contribution in [0.5, 0.6) is 11.6 Å². The summed E-state index contributed by atoms with van der Waals surface area (Å²) in [5.41, 5.74) is 1.01. The molecule has 0 saturated heterocycles. The van der Waals surface area contributed by atoms with E-state index < -0.39 is 5.97 Å². The van der Waals surface area contributed by atoms with Gasteiger partial charge in [0.05, 0.1) is 5.56 Å². The van der Waals surface area contributed by atoms with Crippen LogP contribution in [0.25, 0.3) is 0 Å². The Balaban J connectivity index is 2.46. The van der Waals surface area contributed by atoms with Gasteiger partial charge in [-0.25, -0.2) is 9.78 Å². The minimum atomic E-state index is -1.11. The van der Waals surface area contributed by atoms with E-state index in [1.54, 1.807) is 13.0 Å². The predicted octanol–water partition coefficient (Wildman–Crippen LogP) is 3.41. The second-order valence-electron chi connectivity index (χ2n) is 4.00. The predicted molar refractivity (Wildman–Crippen MR) is 72.2 cm³/mol. The summed E-state index contributed by atoms with van der Waals surface area (Å²) in [5, 5.41) is 18.1. The van der Waals surface area contributed by atoms with Gasteiger partial charge in [-0.1, -0.05) is 23.2 Å². The highest BCUT2D eigenvalue weighted by atomic mass is 35.5. The van der Waals surface area contributed by atoms with Crippen molar-refractivity contribution in [1.82, 2.24) is 4.98 Å². The fraction of sp³-hybridized carbons (Fsp3) is 0.0714. The first-order valence-corrected chi connectivity index (χ1v) is 5.97. The van der Waals surface area contributed by atoms with Crippen molar-refractivity contribution in [3.8, 4) is 17.7 Å². The molecule has 1 N–H and O–H groups in total. The molecule has 1 heterocycles. The zero-order valence-corrected chi connectivity index (χ0v) is 11.2. The van der Waals surface area contributed by atoms with Crippen molar-refractivity contribution in [2.24, 2.45) is 0 Å². The third kappa shape index (κ3) is 2.71. The van der Waals surface area contributed by atoms with Crippen LogP contribution in [0.2, 0.25) is 5.02 Å². The number of nitrogens with zero attached hydrogens (tertiary/aromatic N) is 2. The van der Waals surface area contributed by atoms with Crippen molar-refractivity contribution in [1.29, 1.82) is 5.26 Å². The van der Waals surface area contributed by atoms with Crippen LogP contribution in [-0.4, -0.2) is 16.1 Å². The Morgan fingerprint density at radius 3 is 2.85 bits per heavy atom. The molecule has 0 saturated carbocycles. The van der Waals surface area contributed by atoms with E-state index in [4.69, 9.17) is 26.7 Å². The summed E-state index contributed by atoms with van der Waals surface area (Å²) in [6, 6.07) is 8.07. The minimum Gasteiger partial charge on any atom is -0.478 e. The van der Waals surface area contributed by atoms with Crippen molar-refractivity contribution in [2.45, 2.75) is 6.92 Å². The summed E-state index contributed by atoms with van der Waals surface area (Å²) in [5.74, 6) is -0.999. The first-order valence-electron chi connectivity index (χ1n) is 5.59. The van der Waals surface area contributed by atoms with Crippen molar-refractivity contribution >= 4 is 17.6 Å². The molecule has 100 valence electrons. The molecule has 0 amide bonds. The second kappa shape index (κ2) is 5.59. The number of rotatable bonds is 3. The summed E-state index contributed by atoms with van der Waals surface area (Å²) in [6.45, 7) is 1.78. The number of hydrogen-bond acceptors (Lipinski definition) is 4. The fourth-order valence-corrected chi connectivity index (χ4v) is 1.78. The van der Waals surface area contributed by atoms with Gasteiger partial charge < -0.3 is 9.84 Å². The van der Waals surface area contributed by atoms with Gasteiger partial charge in [0, 0.05) is 6.20 Å². The molecule has 0 aliphatic rings. The lowest BCUT2D eigenvalue weighted by Gasteiger charge is -2.10. The van der Waals surface area contributed by atoms with Gasteiger partial charge in [0.2, 0.25) is 5.88 Å². The molecule has 2 aromatic rings. The molecule has 0 unspecified atom stereocenters. The van der Waals surface area contributed by atoms with Crippen LogP contribution in [0, 0.1) is 18.3 Å². The number of pyridine rings is 1. The number of hydrogen-bond donors (Lipinski definition) is 1. The number of ether oxygens (including phenoxy) is 1. The lowest BCUT2D eigenvalue weighted by Crippen LogP contribution is -2.01. The van der Waals surface area contributed by atoms with E-state index in [0.29, 0.717) is 0 Å². The zero-order chi connectivity index (χ0) is 14.7. The quantitative estimate of drug-likeness (QED) is 0.935. The van der Waals surface area contributed by atoms with Gasteiger partial charge in [-0.05, 0) is 25.1 Å². The summed E-state index contributed by atoms with van der Waals surface area (Å²) >= 11 is 5.96. The molecular formula is C14H9ClN2O3. The van der Waals surface area contributed by atoms with E-state index in [0.717, 1.165) is 5.56 Å². The van der Waals surface area contributed by atoms with Gasteiger partial charge in [0.1, 0.15) is 22.4 Å². The standard InChI is InChI=1S/C14H9ClN2O3/c1-8-2-3-11(10(6-8)14(18)19)20-13-12(15)9(7-16)4-5-17-13/h2-6H,1H3,(H,18,19). The Kier molecular flexibility index (Phi) is 3.87. The normalized spacial score (nSPS) is 9.85. The molecule has 0 bridgehead atoms. The molecule has 1 aromatic heterocycles. The maximum absolute atomic E-state index is 11.2. The Labute approximate surface area is 120 Å². The Morgan fingerprint density at radius 2 is 2.20 bits per heavy atom. The topological polar surface area (TPSA) is 83.2 Å². The number of aromatic nitrogens is 1. The van der Waals surface area contributed by atoms with Gasteiger partial charge in [0.15, 0.2) is 0 Å². The highest BCUT2D eigenvalue weighted by molar-refractivity contribution is 6.33. The second-order valence-corrected chi connectivity index (χ2v) is 4.37. The number of carboxylic acid groups (broad SMARTS) is 1. The zero-order valence-electron chi connectivity index (χ0n) is 10.4. The molecule has 0 aliphatic heterocycles. The molecule has 0 spiro atoms. The van der Waals surface area contributed by atoms with Crippen LogP contribution in [0.1, 0.15) is 21.5 Å². The van der Waals surface area contributed by atoms with Crippen molar-refractivity contribution < 1.29 is 14.6 Å². The van der Waals surface area contributed by atoms with Crippen molar-refractivity contribution in [2.75, 3.05) is 0 Å². The van der Waals surface area contributed by atoms with Crippen LogP contribution in [0.4, 0.5) is 0 Å². The highest BCUT2D eigenvalue weighted by Gasteiger charge is 2.15. The smallest absolute Gasteiger partial charge is 0.339 e. The van der Waals surface area contributed by atoms with Gasteiger partial charge in [-0.2, -0.15) is 5.26 Å². The van der Waals surface area contributed by atoms with Gasteiger partial charge in [0.25, 0.3) is 0 Å². The Hall–Kier alpha value is -2.58. The number of aryl methyl sites for hydroxylation is 1. The number of carbonyl (C=O) groups is 1. The van der Waals surface area contributed by atoms with E-state index in [-0.39, 0.29) is 27.8 Å². The van der Waals surface area contributed by atoms with E-state index in [1.165, 1.54) is 24.4 Å². The lowest BCUT2D eigenvalue weighted by molar-refractivity contribution is 0.0694.